The van der Waals surface area contributed by atoms with Crippen LogP contribution >= 0.6 is 11.6 Å². The highest BCUT2D eigenvalue weighted by atomic mass is 35.5. The van der Waals surface area contributed by atoms with Crippen molar-refractivity contribution in [1.82, 2.24) is 9.97 Å². The van der Waals surface area contributed by atoms with Gasteiger partial charge in [0.1, 0.15) is 5.75 Å². The van der Waals surface area contributed by atoms with E-state index in [0.29, 0.717) is 5.02 Å². The van der Waals surface area contributed by atoms with Crippen molar-refractivity contribution < 1.29 is 19.4 Å². The molecular weight excluding hydrogens is 272 g/mol. The van der Waals surface area contributed by atoms with E-state index >= 15 is 0 Å². The Balaban J connectivity index is 2.28. The number of hydrogen-bond acceptors (Lipinski definition) is 5. The van der Waals surface area contributed by atoms with E-state index in [-0.39, 0.29) is 11.4 Å². The normalized spacial score (nSPS) is 9.95. The zero-order valence-electron chi connectivity index (χ0n) is 9.41. The van der Waals surface area contributed by atoms with Gasteiger partial charge in [-0.2, -0.15) is 0 Å². The largest absolute Gasteiger partial charge is 0.476 e. The number of aromatic carboxylic acids is 1. The third-order valence-corrected chi connectivity index (χ3v) is 2.34. The summed E-state index contributed by atoms with van der Waals surface area (Å²) in [6.07, 6.45) is 2.39. The highest BCUT2D eigenvalue weighted by Gasteiger charge is 2.21. The van der Waals surface area contributed by atoms with Crippen molar-refractivity contribution in [1.29, 1.82) is 0 Å². The van der Waals surface area contributed by atoms with Crippen molar-refractivity contribution in [2.24, 2.45) is 0 Å². The lowest BCUT2D eigenvalue weighted by molar-refractivity contribution is 0.0657. The molecule has 0 atom stereocenters. The van der Waals surface area contributed by atoms with Crippen LogP contribution < -0.4 is 4.74 Å². The third kappa shape index (κ3) is 3.05. The molecule has 1 N–H and O–H groups in total. The fourth-order valence-electron chi connectivity index (χ4n) is 1.33. The summed E-state index contributed by atoms with van der Waals surface area (Å²) in [5.74, 6) is -2.07. The highest BCUT2D eigenvalue weighted by molar-refractivity contribution is 6.30. The molecule has 0 saturated carbocycles. The lowest BCUT2D eigenvalue weighted by Crippen LogP contribution is -2.17. The number of nitrogens with zero attached hydrogens (tertiary/aromatic N) is 2. The van der Waals surface area contributed by atoms with Gasteiger partial charge >= 0.3 is 11.9 Å². The zero-order chi connectivity index (χ0) is 13.8. The van der Waals surface area contributed by atoms with E-state index in [1.54, 1.807) is 12.1 Å². The number of aromatic nitrogens is 2. The number of halogens is 1. The molecule has 1 aromatic heterocycles. The van der Waals surface area contributed by atoms with Gasteiger partial charge < -0.3 is 9.84 Å². The first-order chi connectivity index (χ1) is 9.08. The van der Waals surface area contributed by atoms with Gasteiger partial charge in [0.2, 0.25) is 0 Å². The second kappa shape index (κ2) is 5.45. The monoisotopic (exact) mass is 278 g/mol. The van der Waals surface area contributed by atoms with Gasteiger partial charge in [-0.3, -0.25) is 0 Å². The summed E-state index contributed by atoms with van der Waals surface area (Å²) in [4.78, 5) is 30.0. The number of carboxylic acid groups (broad SMARTS) is 1. The zero-order valence-corrected chi connectivity index (χ0v) is 10.2. The van der Waals surface area contributed by atoms with Gasteiger partial charge in [0.05, 0.1) is 0 Å². The molecule has 2 rings (SSSR count). The third-order valence-electron chi connectivity index (χ3n) is 2.10. The lowest BCUT2D eigenvalue weighted by Gasteiger charge is -2.05. The molecule has 0 aliphatic rings. The molecule has 0 amide bonds. The van der Waals surface area contributed by atoms with Crippen LogP contribution in [0.25, 0.3) is 0 Å². The second-order valence-electron chi connectivity index (χ2n) is 3.41. The fourth-order valence-corrected chi connectivity index (χ4v) is 1.51. The SMILES string of the molecule is O=C(O)c1nccnc1C(=O)Oc1cccc(Cl)c1. The minimum atomic E-state index is -1.36. The maximum Gasteiger partial charge on any atom is 0.364 e. The molecule has 0 aliphatic carbocycles. The molecular formula is C12H7ClN2O4. The molecule has 2 aromatic rings. The number of carboxylic acids is 1. The quantitative estimate of drug-likeness (QED) is 0.683. The van der Waals surface area contributed by atoms with E-state index in [9.17, 15) is 9.59 Å². The minimum absolute atomic E-state index is 0.194. The Kier molecular flexibility index (Phi) is 3.72. The molecule has 0 unspecified atom stereocenters. The average molecular weight is 279 g/mol. The van der Waals surface area contributed by atoms with Crippen LogP contribution in [0.3, 0.4) is 0 Å². The number of carbonyl (C=O) groups is 2. The summed E-state index contributed by atoms with van der Waals surface area (Å²) in [7, 11) is 0. The number of esters is 1. The predicted molar refractivity (Wildman–Crippen MR) is 65.4 cm³/mol. The van der Waals surface area contributed by atoms with Gasteiger partial charge in [-0.25, -0.2) is 19.6 Å². The summed E-state index contributed by atoms with van der Waals surface area (Å²) in [5.41, 5.74) is -0.829. The van der Waals surface area contributed by atoms with E-state index in [4.69, 9.17) is 21.4 Å². The molecule has 96 valence electrons. The van der Waals surface area contributed by atoms with Crippen molar-refractivity contribution in [3.8, 4) is 5.75 Å². The number of carbonyl (C=O) groups excluding carboxylic acids is 1. The van der Waals surface area contributed by atoms with Crippen LogP contribution in [0, 0.1) is 0 Å². The van der Waals surface area contributed by atoms with Crippen LogP contribution in [-0.4, -0.2) is 27.0 Å². The first kappa shape index (κ1) is 13.0. The van der Waals surface area contributed by atoms with E-state index in [0.717, 1.165) is 0 Å². The Labute approximate surface area is 112 Å². The number of ether oxygens (including phenoxy) is 1. The van der Waals surface area contributed by atoms with Gasteiger partial charge in [-0.15, -0.1) is 0 Å². The van der Waals surface area contributed by atoms with Gasteiger partial charge in [0.15, 0.2) is 11.4 Å². The second-order valence-corrected chi connectivity index (χ2v) is 3.84. The van der Waals surface area contributed by atoms with Gasteiger partial charge in [-0.1, -0.05) is 17.7 Å². The van der Waals surface area contributed by atoms with Crippen LogP contribution in [0.4, 0.5) is 0 Å². The van der Waals surface area contributed by atoms with E-state index < -0.39 is 17.6 Å². The summed E-state index contributed by atoms with van der Waals surface area (Å²) < 4.78 is 4.98. The first-order valence-corrected chi connectivity index (χ1v) is 5.48. The van der Waals surface area contributed by atoms with Crippen molar-refractivity contribution in [3.63, 3.8) is 0 Å². The van der Waals surface area contributed by atoms with E-state index in [1.807, 2.05) is 0 Å². The maximum atomic E-state index is 11.8. The topological polar surface area (TPSA) is 89.4 Å². The molecule has 0 spiro atoms. The van der Waals surface area contributed by atoms with Crippen LogP contribution in [-0.2, 0) is 0 Å². The molecule has 1 aromatic carbocycles. The van der Waals surface area contributed by atoms with Gasteiger partial charge in [-0.05, 0) is 18.2 Å². The molecule has 0 fully saturated rings. The number of rotatable bonds is 3. The molecule has 19 heavy (non-hydrogen) atoms. The number of hydrogen-bond donors (Lipinski definition) is 1. The number of benzene rings is 1. The molecule has 0 aliphatic heterocycles. The van der Waals surface area contributed by atoms with Crippen molar-refractivity contribution in [3.05, 3.63) is 53.1 Å². The van der Waals surface area contributed by atoms with Crippen molar-refractivity contribution in [2.75, 3.05) is 0 Å². The summed E-state index contributed by atoms with van der Waals surface area (Å²) >= 11 is 5.74. The van der Waals surface area contributed by atoms with Crippen LogP contribution in [0.2, 0.25) is 5.02 Å². The first-order valence-electron chi connectivity index (χ1n) is 5.10. The standard InChI is InChI=1S/C12H7ClN2O4/c13-7-2-1-3-8(6-7)19-12(18)10-9(11(16)17)14-4-5-15-10/h1-6H,(H,16,17). The van der Waals surface area contributed by atoms with E-state index in [1.165, 1.54) is 24.5 Å². The molecule has 0 saturated heterocycles. The molecule has 0 radical (unpaired) electrons. The molecule has 0 bridgehead atoms. The Bertz CT molecular complexity index is 645. The Morgan fingerprint density at radius 3 is 2.47 bits per heavy atom. The van der Waals surface area contributed by atoms with E-state index in [2.05, 4.69) is 9.97 Å². The van der Waals surface area contributed by atoms with Crippen LogP contribution in [0.1, 0.15) is 21.0 Å². The Morgan fingerprint density at radius 2 is 1.84 bits per heavy atom. The summed E-state index contributed by atoms with van der Waals surface area (Å²) in [5, 5.41) is 9.28. The fraction of sp³-hybridized carbons (Fsp3) is 0. The Morgan fingerprint density at radius 1 is 1.16 bits per heavy atom. The average Bonchev–Trinajstić information content (AvgIpc) is 2.38. The molecule has 1 heterocycles. The molecule has 6 nitrogen and oxygen atoms in total. The smallest absolute Gasteiger partial charge is 0.364 e. The summed E-state index contributed by atoms with van der Waals surface area (Å²) in [6.45, 7) is 0. The van der Waals surface area contributed by atoms with Crippen molar-refractivity contribution >= 4 is 23.5 Å². The van der Waals surface area contributed by atoms with Crippen molar-refractivity contribution in [2.45, 2.75) is 0 Å². The van der Waals surface area contributed by atoms with Gasteiger partial charge in [0, 0.05) is 17.4 Å². The molecule has 7 heteroatoms. The van der Waals surface area contributed by atoms with Crippen LogP contribution in [0.5, 0.6) is 5.75 Å². The maximum absolute atomic E-state index is 11.8. The minimum Gasteiger partial charge on any atom is -0.476 e. The Hall–Kier alpha value is -2.47. The summed E-state index contributed by atoms with van der Waals surface area (Å²) in [6, 6.07) is 6.15. The lowest BCUT2D eigenvalue weighted by atomic mass is 10.3. The predicted octanol–water partition coefficient (Wildman–Crippen LogP) is 2.05. The van der Waals surface area contributed by atoms with Gasteiger partial charge in [0.25, 0.3) is 0 Å². The van der Waals surface area contributed by atoms with Crippen LogP contribution in [0.15, 0.2) is 36.7 Å². The highest BCUT2D eigenvalue weighted by Crippen LogP contribution is 2.18.